The lowest BCUT2D eigenvalue weighted by Crippen LogP contribution is -2.41. The number of hydrogen-bond acceptors (Lipinski definition) is 3. The predicted octanol–water partition coefficient (Wildman–Crippen LogP) is 2.18. The topological polar surface area (TPSA) is 68.1 Å². The highest BCUT2D eigenvalue weighted by Gasteiger charge is 2.23. The van der Waals surface area contributed by atoms with Gasteiger partial charge in [0.15, 0.2) is 5.88 Å². The van der Waals surface area contributed by atoms with E-state index in [9.17, 15) is 4.79 Å². The summed E-state index contributed by atoms with van der Waals surface area (Å²) in [4.78, 5) is 14.7. The van der Waals surface area contributed by atoms with Crippen molar-refractivity contribution < 1.29 is 4.74 Å². The largest absolute Gasteiger partial charge is 0.474 e. The van der Waals surface area contributed by atoms with Crippen molar-refractivity contribution in [3.05, 3.63) is 40.7 Å². The molecular formula is C15H18N2O2. The maximum Gasteiger partial charge on any atom is 0.258 e. The van der Waals surface area contributed by atoms with Crippen LogP contribution in [0, 0.1) is 0 Å². The van der Waals surface area contributed by atoms with E-state index in [1.54, 1.807) is 0 Å². The molecule has 0 bridgehead atoms. The third kappa shape index (κ3) is 2.49. The van der Waals surface area contributed by atoms with Gasteiger partial charge in [0.1, 0.15) is 6.10 Å². The van der Waals surface area contributed by atoms with Crippen molar-refractivity contribution in [1.29, 1.82) is 0 Å². The summed E-state index contributed by atoms with van der Waals surface area (Å²) in [5.74, 6) is 0.519. The van der Waals surface area contributed by atoms with Crippen LogP contribution < -0.4 is 16.0 Å². The number of fused-ring (bicyclic) bond motifs is 1. The van der Waals surface area contributed by atoms with Gasteiger partial charge in [-0.25, -0.2) is 0 Å². The van der Waals surface area contributed by atoms with E-state index >= 15 is 0 Å². The Morgan fingerprint density at radius 2 is 2.00 bits per heavy atom. The first-order valence-corrected chi connectivity index (χ1v) is 6.78. The lowest BCUT2D eigenvalue weighted by Gasteiger charge is -2.28. The van der Waals surface area contributed by atoms with E-state index in [1.165, 1.54) is 0 Å². The van der Waals surface area contributed by atoms with Gasteiger partial charge in [0.2, 0.25) is 0 Å². The molecule has 1 aromatic carbocycles. The highest BCUT2D eigenvalue weighted by Crippen LogP contribution is 2.22. The molecule has 1 heterocycles. The molecule has 4 nitrogen and oxygen atoms in total. The summed E-state index contributed by atoms with van der Waals surface area (Å²) in [6.07, 6.45) is 4.25. The molecular weight excluding hydrogens is 240 g/mol. The van der Waals surface area contributed by atoms with E-state index in [1.807, 2.05) is 30.3 Å². The molecule has 1 saturated carbocycles. The third-order valence-electron chi connectivity index (χ3n) is 3.76. The van der Waals surface area contributed by atoms with Crippen molar-refractivity contribution in [2.45, 2.75) is 37.8 Å². The van der Waals surface area contributed by atoms with E-state index < -0.39 is 0 Å². The lowest BCUT2D eigenvalue weighted by molar-refractivity contribution is 0.127. The number of H-pyrrole nitrogens is 1. The fraction of sp³-hybridized carbons (Fsp3) is 0.400. The average Bonchev–Trinajstić information content (AvgIpc) is 2.42. The van der Waals surface area contributed by atoms with Crippen LogP contribution in [0.25, 0.3) is 10.8 Å². The van der Waals surface area contributed by atoms with Crippen molar-refractivity contribution in [3.63, 3.8) is 0 Å². The molecule has 2 atom stereocenters. The summed E-state index contributed by atoms with van der Waals surface area (Å²) in [5.41, 5.74) is 5.95. The van der Waals surface area contributed by atoms with Crippen LogP contribution in [0.5, 0.6) is 5.88 Å². The Kier molecular flexibility index (Phi) is 3.25. The molecule has 3 N–H and O–H groups in total. The summed E-state index contributed by atoms with van der Waals surface area (Å²) in [6, 6.07) is 9.43. The summed E-state index contributed by atoms with van der Waals surface area (Å²) in [5, 5.41) is 1.58. The summed E-state index contributed by atoms with van der Waals surface area (Å²) >= 11 is 0. The third-order valence-corrected chi connectivity index (χ3v) is 3.76. The highest BCUT2D eigenvalue weighted by molar-refractivity contribution is 5.82. The zero-order chi connectivity index (χ0) is 13.2. The molecule has 1 aliphatic carbocycles. The Morgan fingerprint density at radius 3 is 2.84 bits per heavy atom. The first kappa shape index (κ1) is 12.2. The SMILES string of the molecule is NC1CCCCC1Oc1cc2ccccc2c(=O)[nH]1. The molecule has 4 heteroatoms. The van der Waals surface area contributed by atoms with Crippen LogP contribution >= 0.6 is 0 Å². The van der Waals surface area contributed by atoms with E-state index in [2.05, 4.69) is 4.98 Å². The molecule has 2 aromatic rings. The minimum absolute atomic E-state index is 0.00515. The highest BCUT2D eigenvalue weighted by atomic mass is 16.5. The van der Waals surface area contributed by atoms with Gasteiger partial charge in [-0.1, -0.05) is 24.6 Å². The van der Waals surface area contributed by atoms with Crippen molar-refractivity contribution in [2.75, 3.05) is 0 Å². The minimum Gasteiger partial charge on any atom is -0.474 e. The predicted molar refractivity (Wildman–Crippen MR) is 75.4 cm³/mol. The molecule has 0 radical (unpaired) electrons. The number of pyridine rings is 1. The number of aromatic nitrogens is 1. The van der Waals surface area contributed by atoms with Gasteiger partial charge >= 0.3 is 0 Å². The van der Waals surface area contributed by atoms with Crippen LogP contribution in [-0.4, -0.2) is 17.1 Å². The van der Waals surface area contributed by atoms with Gasteiger partial charge in [0.25, 0.3) is 5.56 Å². The fourth-order valence-electron chi connectivity index (χ4n) is 2.68. The van der Waals surface area contributed by atoms with E-state index in [4.69, 9.17) is 10.5 Å². The van der Waals surface area contributed by atoms with Crippen molar-refractivity contribution in [3.8, 4) is 5.88 Å². The van der Waals surface area contributed by atoms with Crippen LogP contribution in [0.1, 0.15) is 25.7 Å². The fourth-order valence-corrected chi connectivity index (χ4v) is 2.68. The number of nitrogens with two attached hydrogens (primary N) is 1. The number of benzene rings is 1. The second-order valence-corrected chi connectivity index (χ2v) is 5.15. The molecule has 2 unspecified atom stereocenters. The maximum atomic E-state index is 12.0. The van der Waals surface area contributed by atoms with Gasteiger partial charge in [-0.05, 0) is 30.7 Å². The zero-order valence-corrected chi connectivity index (χ0v) is 10.8. The summed E-state index contributed by atoms with van der Waals surface area (Å²) in [6.45, 7) is 0. The Morgan fingerprint density at radius 1 is 1.21 bits per heavy atom. The normalized spacial score (nSPS) is 23.4. The number of rotatable bonds is 2. The van der Waals surface area contributed by atoms with Crippen molar-refractivity contribution in [1.82, 2.24) is 4.98 Å². The smallest absolute Gasteiger partial charge is 0.258 e. The van der Waals surface area contributed by atoms with Gasteiger partial charge in [-0.15, -0.1) is 0 Å². The molecule has 1 fully saturated rings. The monoisotopic (exact) mass is 258 g/mol. The van der Waals surface area contributed by atoms with Crippen LogP contribution in [-0.2, 0) is 0 Å². The van der Waals surface area contributed by atoms with Gasteiger partial charge in [0.05, 0.1) is 0 Å². The Labute approximate surface area is 111 Å². The molecule has 19 heavy (non-hydrogen) atoms. The second kappa shape index (κ2) is 5.05. The standard InChI is InChI=1S/C15H18N2O2/c16-12-7-3-4-8-13(12)19-14-9-10-5-1-2-6-11(10)15(18)17-14/h1-2,5-6,9,12-13H,3-4,7-8,16H2,(H,17,18). The Balaban J connectivity index is 1.91. The van der Waals surface area contributed by atoms with E-state index in [0.717, 1.165) is 31.1 Å². The van der Waals surface area contributed by atoms with Crippen LogP contribution in [0.2, 0.25) is 0 Å². The van der Waals surface area contributed by atoms with Gasteiger partial charge in [0, 0.05) is 17.5 Å². The van der Waals surface area contributed by atoms with Crippen LogP contribution in [0.15, 0.2) is 35.1 Å². The molecule has 0 saturated heterocycles. The minimum atomic E-state index is -0.113. The van der Waals surface area contributed by atoms with Gasteiger partial charge < -0.3 is 10.5 Å². The quantitative estimate of drug-likeness (QED) is 0.867. The Hall–Kier alpha value is -1.81. The second-order valence-electron chi connectivity index (χ2n) is 5.15. The van der Waals surface area contributed by atoms with Gasteiger partial charge in [-0.2, -0.15) is 0 Å². The number of aromatic amines is 1. The maximum absolute atomic E-state index is 12.0. The molecule has 3 rings (SSSR count). The molecule has 0 aliphatic heterocycles. The Bertz CT molecular complexity index is 635. The van der Waals surface area contributed by atoms with Crippen LogP contribution in [0.4, 0.5) is 0 Å². The summed E-state index contributed by atoms with van der Waals surface area (Å²) < 4.78 is 5.88. The van der Waals surface area contributed by atoms with Crippen LogP contribution in [0.3, 0.4) is 0 Å². The number of hydrogen-bond donors (Lipinski definition) is 2. The van der Waals surface area contributed by atoms with Crippen molar-refractivity contribution in [2.24, 2.45) is 5.73 Å². The molecule has 1 aromatic heterocycles. The average molecular weight is 258 g/mol. The summed E-state index contributed by atoms with van der Waals surface area (Å²) in [7, 11) is 0. The van der Waals surface area contributed by atoms with E-state index in [0.29, 0.717) is 11.3 Å². The molecule has 0 spiro atoms. The number of ether oxygens (including phenoxy) is 1. The molecule has 100 valence electrons. The van der Waals surface area contributed by atoms with E-state index in [-0.39, 0.29) is 17.7 Å². The zero-order valence-electron chi connectivity index (χ0n) is 10.8. The lowest BCUT2D eigenvalue weighted by atomic mass is 9.93. The van der Waals surface area contributed by atoms with Crippen molar-refractivity contribution >= 4 is 10.8 Å². The molecule has 1 aliphatic rings. The van der Waals surface area contributed by atoms with Gasteiger partial charge in [-0.3, -0.25) is 9.78 Å². The number of nitrogens with one attached hydrogen (secondary N) is 1. The first-order chi connectivity index (χ1) is 9.24. The first-order valence-electron chi connectivity index (χ1n) is 6.78. The molecule has 0 amide bonds.